The minimum atomic E-state index is -1.48. The van der Waals surface area contributed by atoms with Crippen LogP contribution < -0.4 is 21.7 Å². The molecule has 0 saturated heterocycles. The van der Waals surface area contributed by atoms with E-state index in [2.05, 4.69) is 16.0 Å². The van der Waals surface area contributed by atoms with Crippen molar-refractivity contribution in [1.29, 1.82) is 0 Å². The van der Waals surface area contributed by atoms with E-state index in [-0.39, 0.29) is 25.7 Å². The summed E-state index contributed by atoms with van der Waals surface area (Å²) < 4.78 is 0. The number of amides is 3. The van der Waals surface area contributed by atoms with Crippen LogP contribution in [0.3, 0.4) is 0 Å². The van der Waals surface area contributed by atoms with Crippen LogP contribution in [0.2, 0.25) is 0 Å². The maximum atomic E-state index is 13.3. The first-order chi connectivity index (χ1) is 17.8. The number of nitrogens with two attached hydrogens (primary N) is 1. The van der Waals surface area contributed by atoms with E-state index >= 15 is 0 Å². The molecule has 210 valence electrons. The topological polar surface area (TPSA) is 225 Å². The Bertz CT molecular complexity index is 986. The molecule has 0 aromatic heterocycles. The maximum absolute atomic E-state index is 13.3. The van der Waals surface area contributed by atoms with Gasteiger partial charge in [0, 0.05) is 19.3 Å². The molecule has 0 aliphatic rings. The molecule has 1 aromatic rings. The first kappa shape index (κ1) is 32.0. The van der Waals surface area contributed by atoms with Crippen molar-refractivity contribution in [3.8, 4) is 0 Å². The monoisotopic (exact) mass is 536 g/mol. The second kappa shape index (κ2) is 16.0. The second-order valence-corrected chi connectivity index (χ2v) is 8.99. The third-order valence-corrected chi connectivity index (χ3v) is 5.98. The SMILES string of the molecule is CCC(C)C(NC(=O)C(Cc1ccccc1)NC(=O)C(N)CCC(=O)O)C(=O)NC(CCC(=O)O)C(=O)O. The minimum Gasteiger partial charge on any atom is -0.481 e. The summed E-state index contributed by atoms with van der Waals surface area (Å²) in [6.45, 7) is 3.44. The molecule has 8 N–H and O–H groups in total. The molecular formula is C25H36N4O9. The van der Waals surface area contributed by atoms with Gasteiger partial charge in [0.25, 0.3) is 0 Å². The molecule has 1 rings (SSSR count). The van der Waals surface area contributed by atoms with Crippen LogP contribution in [0.25, 0.3) is 0 Å². The lowest BCUT2D eigenvalue weighted by Crippen LogP contribution is -2.59. The van der Waals surface area contributed by atoms with Gasteiger partial charge >= 0.3 is 17.9 Å². The van der Waals surface area contributed by atoms with Crippen molar-refractivity contribution in [3.63, 3.8) is 0 Å². The van der Waals surface area contributed by atoms with Gasteiger partial charge in [0.15, 0.2) is 0 Å². The highest BCUT2D eigenvalue weighted by atomic mass is 16.4. The van der Waals surface area contributed by atoms with E-state index in [1.54, 1.807) is 44.2 Å². The fourth-order valence-electron chi connectivity index (χ4n) is 3.49. The van der Waals surface area contributed by atoms with Crippen LogP contribution in [0.4, 0.5) is 0 Å². The van der Waals surface area contributed by atoms with Gasteiger partial charge in [-0.1, -0.05) is 50.6 Å². The van der Waals surface area contributed by atoms with E-state index in [0.29, 0.717) is 12.0 Å². The molecule has 0 spiro atoms. The Labute approximate surface area is 220 Å². The summed E-state index contributed by atoms with van der Waals surface area (Å²) >= 11 is 0. The molecule has 0 heterocycles. The van der Waals surface area contributed by atoms with Crippen molar-refractivity contribution in [2.75, 3.05) is 0 Å². The number of carbonyl (C=O) groups is 6. The predicted molar refractivity (Wildman–Crippen MR) is 135 cm³/mol. The van der Waals surface area contributed by atoms with Gasteiger partial charge in [-0.05, 0) is 24.3 Å². The average molecular weight is 537 g/mol. The molecule has 0 radical (unpaired) electrons. The highest BCUT2D eigenvalue weighted by Crippen LogP contribution is 2.11. The quantitative estimate of drug-likeness (QED) is 0.140. The number of carbonyl (C=O) groups excluding carboxylic acids is 3. The Balaban J connectivity index is 3.11. The first-order valence-corrected chi connectivity index (χ1v) is 12.2. The molecule has 0 bridgehead atoms. The standard InChI is InChI=1S/C25H36N4O9/c1-3-14(2)21(24(36)27-17(25(37)38)10-12-20(32)33)29-23(35)18(13-15-7-5-4-6-8-15)28-22(34)16(26)9-11-19(30)31/h4-8,14,16-18,21H,3,9-13,26H2,1-2H3,(H,27,36)(H,28,34)(H,29,35)(H,30,31)(H,32,33)(H,37,38). The first-order valence-electron chi connectivity index (χ1n) is 12.2. The van der Waals surface area contributed by atoms with Crippen molar-refractivity contribution in [2.24, 2.45) is 11.7 Å². The van der Waals surface area contributed by atoms with Crippen molar-refractivity contribution < 1.29 is 44.1 Å². The van der Waals surface area contributed by atoms with Gasteiger partial charge in [0.2, 0.25) is 17.7 Å². The van der Waals surface area contributed by atoms with E-state index in [0.717, 1.165) is 0 Å². The fourth-order valence-corrected chi connectivity index (χ4v) is 3.49. The maximum Gasteiger partial charge on any atom is 0.326 e. The van der Waals surface area contributed by atoms with E-state index in [1.165, 1.54) is 0 Å². The zero-order valence-corrected chi connectivity index (χ0v) is 21.4. The van der Waals surface area contributed by atoms with E-state index in [1.807, 2.05) is 0 Å². The van der Waals surface area contributed by atoms with Gasteiger partial charge in [-0.3, -0.25) is 24.0 Å². The molecule has 0 aliphatic heterocycles. The van der Waals surface area contributed by atoms with Gasteiger partial charge in [-0.25, -0.2) is 4.79 Å². The largest absolute Gasteiger partial charge is 0.481 e. The van der Waals surface area contributed by atoms with E-state index in [4.69, 9.17) is 15.9 Å². The Kier molecular flexibility index (Phi) is 13.5. The molecule has 3 amide bonds. The number of aliphatic carboxylic acids is 3. The van der Waals surface area contributed by atoms with Crippen LogP contribution >= 0.6 is 0 Å². The van der Waals surface area contributed by atoms with Gasteiger partial charge in [-0.2, -0.15) is 0 Å². The normalized spacial score (nSPS) is 14.7. The van der Waals surface area contributed by atoms with Crippen LogP contribution in [0.1, 0.15) is 51.5 Å². The zero-order chi connectivity index (χ0) is 28.8. The van der Waals surface area contributed by atoms with Gasteiger partial charge in [0.1, 0.15) is 18.1 Å². The summed E-state index contributed by atoms with van der Waals surface area (Å²) in [6.07, 6.45) is -0.849. The molecule has 38 heavy (non-hydrogen) atoms. The van der Waals surface area contributed by atoms with Gasteiger partial charge in [0.05, 0.1) is 6.04 Å². The van der Waals surface area contributed by atoms with E-state index in [9.17, 15) is 33.9 Å². The van der Waals surface area contributed by atoms with Crippen LogP contribution in [0.5, 0.6) is 0 Å². The molecule has 13 nitrogen and oxygen atoms in total. The lowest BCUT2D eigenvalue weighted by molar-refractivity contribution is -0.144. The van der Waals surface area contributed by atoms with Gasteiger partial charge in [-0.15, -0.1) is 0 Å². The molecule has 13 heteroatoms. The Morgan fingerprint density at radius 1 is 0.789 bits per heavy atom. The molecule has 5 atom stereocenters. The number of nitrogens with one attached hydrogen (secondary N) is 3. The summed E-state index contributed by atoms with van der Waals surface area (Å²) in [5.74, 6) is -6.50. The summed E-state index contributed by atoms with van der Waals surface area (Å²) in [7, 11) is 0. The minimum absolute atomic E-state index is 0.0370. The third kappa shape index (κ3) is 11.4. The number of rotatable bonds is 17. The predicted octanol–water partition coefficient (Wildman–Crippen LogP) is -0.129. The summed E-state index contributed by atoms with van der Waals surface area (Å²) in [4.78, 5) is 72.1. The van der Waals surface area contributed by atoms with Gasteiger partial charge < -0.3 is 37.0 Å². The van der Waals surface area contributed by atoms with Crippen LogP contribution in [0, 0.1) is 5.92 Å². The smallest absolute Gasteiger partial charge is 0.326 e. The lowest BCUT2D eigenvalue weighted by atomic mass is 9.96. The molecular weight excluding hydrogens is 500 g/mol. The Morgan fingerprint density at radius 2 is 1.34 bits per heavy atom. The molecule has 0 fully saturated rings. The lowest BCUT2D eigenvalue weighted by Gasteiger charge is -2.28. The van der Waals surface area contributed by atoms with Crippen molar-refractivity contribution >= 4 is 35.6 Å². The number of benzene rings is 1. The summed E-state index contributed by atoms with van der Waals surface area (Å²) in [5, 5.41) is 34.5. The fraction of sp³-hybridized carbons (Fsp3) is 0.520. The van der Waals surface area contributed by atoms with Crippen molar-refractivity contribution in [2.45, 2.75) is 76.5 Å². The van der Waals surface area contributed by atoms with Crippen molar-refractivity contribution in [1.82, 2.24) is 16.0 Å². The number of carboxylic acid groups (broad SMARTS) is 3. The highest BCUT2D eigenvalue weighted by molar-refractivity contribution is 5.94. The average Bonchev–Trinajstić information content (AvgIpc) is 2.87. The second-order valence-electron chi connectivity index (χ2n) is 8.99. The molecule has 0 aliphatic carbocycles. The third-order valence-electron chi connectivity index (χ3n) is 5.98. The summed E-state index contributed by atoms with van der Waals surface area (Å²) in [5.41, 5.74) is 6.48. The molecule has 0 saturated carbocycles. The van der Waals surface area contributed by atoms with Crippen LogP contribution in [-0.4, -0.2) is 75.1 Å². The zero-order valence-electron chi connectivity index (χ0n) is 21.4. The van der Waals surface area contributed by atoms with Crippen LogP contribution in [-0.2, 0) is 35.2 Å². The molecule has 1 aromatic carbocycles. The Hall–Kier alpha value is -4.00. The summed E-state index contributed by atoms with van der Waals surface area (Å²) in [6, 6.07) is 3.69. The number of hydrogen-bond acceptors (Lipinski definition) is 7. The number of hydrogen-bond donors (Lipinski definition) is 7. The molecule has 5 unspecified atom stereocenters. The number of carboxylic acids is 3. The Morgan fingerprint density at radius 3 is 1.87 bits per heavy atom. The van der Waals surface area contributed by atoms with E-state index < -0.39 is 72.1 Å². The highest BCUT2D eigenvalue weighted by Gasteiger charge is 2.33. The van der Waals surface area contributed by atoms with Crippen LogP contribution in [0.15, 0.2) is 30.3 Å². The van der Waals surface area contributed by atoms with Crippen molar-refractivity contribution in [3.05, 3.63) is 35.9 Å².